The number of halogens is 1. The van der Waals surface area contributed by atoms with Crippen LogP contribution in [0.5, 0.6) is 5.75 Å². The van der Waals surface area contributed by atoms with Gasteiger partial charge in [-0.2, -0.15) is 0 Å². The topological polar surface area (TPSA) is 88.2 Å². The van der Waals surface area contributed by atoms with E-state index in [1.165, 1.54) is 4.80 Å². The van der Waals surface area contributed by atoms with Gasteiger partial charge in [-0.3, -0.25) is 4.79 Å². The van der Waals surface area contributed by atoms with Gasteiger partial charge in [0.05, 0.1) is 0 Å². The molecule has 3 aromatic rings. The van der Waals surface area contributed by atoms with E-state index in [1.807, 2.05) is 12.1 Å². The van der Waals surface area contributed by atoms with Gasteiger partial charge in [0.25, 0.3) is 0 Å². The van der Waals surface area contributed by atoms with Crippen LogP contribution in [0, 0.1) is 5.41 Å². The highest BCUT2D eigenvalue weighted by atomic mass is 35.5. The highest BCUT2D eigenvalue weighted by Gasteiger charge is 2.31. The number of carbonyl (C=O) groups is 1. The predicted octanol–water partition coefficient (Wildman–Crippen LogP) is 5.90. The third kappa shape index (κ3) is 5.56. The highest BCUT2D eigenvalue weighted by molar-refractivity contribution is 6.31. The SMILES string of the molecule is CC(C)(C)CC(C)(C)c1cc(CCCC(=O)O)cc(-n2nc3ccc(Cl)cc3n2)c1O. The van der Waals surface area contributed by atoms with Gasteiger partial charge in [0.1, 0.15) is 22.5 Å². The molecule has 0 atom stereocenters. The monoisotopic (exact) mass is 443 g/mol. The van der Waals surface area contributed by atoms with E-state index < -0.39 is 5.97 Å². The lowest BCUT2D eigenvalue weighted by atomic mass is 9.71. The lowest BCUT2D eigenvalue weighted by Crippen LogP contribution is -2.25. The van der Waals surface area contributed by atoms with E-state index in [4.69, 9.17) is 16.7 Å². The second-order valence-electron chi connectivity index (χ2n) is 10.0. The average molecular weight is 444 g/mol. The smallest absolute Gasteiger partial charge is 0.303 e. The zero-order chi connectivity index (χ0) is 23.0. The summed E-state index contributed by atoms with van der Waals surface area (Å²) in [7, 11) is 0. The third-order valence-electron chi connectivity index (χ3n) is 5.26. The Morgan fingerprint density at radius 2 is 1.74 bits per heavy atom. The molecule has 0 radical (unpaired) electrons. The van der Waals surface area contributed by atoms with Gasteiger partial charge in [0, 0.05) is 17.0 Å². The molecule has 31 heavy (non-hydrogen) atoms. The minimum atomic E-state index is -0.816. The number of rotatable bonds is 7. The largest absolute Gasteiger partial charge is 0.505 e. The summed E-state index contributed by atoms with van der Waals surface area (Å²) in [5.74, 6) is -0.674. The third-order valence-corrected chi connectivity index (χ3v) is 5.50. The van der Waals surface area contributed by atoms with Crippen LogP contribution >= 0.6 is 11.6 Å². The Labute approximate surface area is 187 Å². The lowest BCUT2D eigenvalue weighted by Gasteiger charge is -2.34. The molecule has 3 rings (SSSR count). The van der Waals surface area contributed by atoms with Crippen LogP contribution in [0.3, 0.4) is 0 Å². The number of aryl methyl sites for hydroxylation is 1. The molecule has 0 bridgehead atoms. The molecule has 0 amide bonds. The van der Waals surface area contributed by atoms with E-state index in [-0.39, 0.29) is 23.0 Å². The van der Waals surface area contributed by atoms with E-state index in [9.17, 15) is 9.90 Å². The molecule has 1 heterocycles. The molecule has 0 aliphatic rings. The van der Waals surface area contributed by atoms with Gasteiger partial charge in [-0.25, -0.2) is 0 Å². The van der Waals surface area contributed by atoms with Crippen molar-refractivity contribution in [1.82, 2.24) is 15.0 Å². The van der Waals surface area contributed by atoms with Crippen LogP contribution in [-0.2, 0) is 16.6 Å². The number of phenols is 1. The first kappa shape index (κ1) is 23.1. The van der Waals surface area contributed by atoms with Gasteiger partial charge in [-0.15, -0.1) is 15.0 Å². The van der Waals surface area contributed by atoms with Crippen LogP contribution in [0.2, 0.25) is 5.02 Å². The first-order chi connectivity index (χ1) is 14.4. The Balaban J connectivity index is 2.12. The number of aromatic hydroxyl groups is 1. The number of phenolic OH excluding ortho intramolecular Hbond substituents is 1. The standard InChI is InChI=1S/C24H30ClN3O3/c1-23(2,3)14-24(4,5)17-11-15(7-6-8-21(29)30)12-20(22(17)31)28-26-18-10-9-16(25)13-19(18)27-28/h9-13,31H,6-8,14H2,1-5H3,(H,29,30). The molecule has 0 saturated carbocycles. The van der Waals surface area contributed by atoms with Crippen molar-refractivity contribution < 1.29 is 15.0 Å². The fourth-order valence-electron chi connectivity index (χ4n) is 4.35. The Morgan fingerprint density at radius 1 is 1.06 bits per heavy atom. The zero-order valence-corrected chi connectivity index (χ0v) is 19.5. The van der Waals surface area contributed by atoms with Crippen LogP contribution in [0.1, 0.15) is 65.0 Å². The summed E-state index contributed by atoms with van der Waals surface area (Å²) in [4.78, 5) is 12.4. The van der Waals surface area contributed by atoms with Crippen LogP contribution in [0.4, 0.5) is 0 Å². The zero-order valence-electron chi connectivity index (χ0n) is 18.7. The molecule has 0 aliphatic carbocycles. The van der Waals surface area contributed by atoms with Crippen molar-refractivity contribution in [3.05, 3.63) is 46.5 Å². The van der Waals surface area contributed by atoms with Gasteiger partial charge in [0.15, 0.2) is 0 Å². The van der Waals surface area contributed by atoms with Crippen LogP contribution in [0.25, 0.3) is 16.7 Å². The summed E-state index contributed by atoms with van der Waals surface area (Å²) in [5, 5.41) is 29.9. The van der Waals surface area contributed by atoms with E-state index in [0.29, 0.717) is 34.6 Å². The molecule has 0 unspecified atom stereocenters. The maximum Gasteiger partial charge on any atom is 0.303 e. The minimum absolute atomic E-state index is 0.0603. The molecule has 6 nitrogen and oxygen atoms in total. The van der Waals surface area contributed by atoms with Gasteiger partial charge < -0.3 is 10.2 Å². The van der Waals surface area contributed by atoms with Gasteiger partial charge in [-0.05, 0) is 59.9 Å². The van der Waals surface area contributed by atoms with Crippen molar-refractivity contribution in [2.24, 2.45) is 5.41 Å². The normalized spacial score (nSPS) is 12.5. The second-order valence-corrected chi connectivity index (χ2v) is 10.4. The van der Waals surface area contributed by atoms with Crippen molar-refractivity contribution in [3.8, 4) is 11.4 Å². The van der Waals surface area contributed by atoms with E-state index in [2.05, 4.69) is 44.8 Å². The molecule has 2 aromatic carbocycles. The minimum Gasteiger partial charge on any atom is -0.505 e. The van der Waals surface area contributed by atoms with Crippen molar-refractivity contribution >= 4 is 28.6 Å². The number of benzene rings is 2. The van der Waals surface area contributed by atoms with Crippen molar-refractivity contribution in [1.29, 1.82) is 0 Å². The molecular weight excluding hydrogens is 414 g/mol. The van der Waals surface area contributed by atoms with Crippen molar-refractivity contribution in [3.63, 3.8) is 0 Å². The summed E-state index contributed by atoms with van der Waals surface area (Å²) in [6, 6.07) is 9.11. The van der Waals surface area contributed by atoms with Crippen molar-refractivity contribution in [2.45, 2.75) is 65.7 Å². The first-order valence-corrected chi connectivity index (χ1v) is 10.8. The second kappa shape index (κ2) is 8.50. The quantitative estimate of drug-likeness (QED) is 0.474. The summed E-state index contributed by atoms with van der Waals surface area (Å²) in [6.07, 6.45) is 2.06. The Morgan fingerprint density at radius 3 is 2.39 bits per heavy atom. The molecule has 0 fully saturated rings. The van der Waals surface area contributed by atoms with E-state index >= 15 is 0 Å². The number of aliphatic carboxylic acids is 1. The number of aromatic nitrogens is 3. The molecule has 0 spiro atoms. The summed E-state index contributed by atoms with van der Waals surface area (Å²) < 4.78 is 0. The Bertz CT molecular complexity index is 1110. The molecule has 1 aromatic heterocycles. The summed E-state index contributed by atoms with van der Waals surface area (Å²) in [6.45, 7) is 10.8. The lowest BCUT2D eigenvalue weighted by molar-refractivity contribution is -0.137. The van der Waals surface area contributed by atoms with E-state index in [1.54, 1.807) is 18.2 Å². The molecule has 0 aliphatic heterocycles. The molecular formula is C24H30ClN3O3. The fraction of sp³-hybridized carbons (Fsp3) is 0.458. The van der Waals surface area contributed by atoms with Crippen molar-refractivity contribution in [2.75, 3.05) is 0 Å². The number of fused-ring (bicyclic) bond motifs is 1. The number of carboxylic acids is 1. The number of hydrogen-bond donors (Lipinski definition) is 2. The molecule has 0 saturated heterocycles. The molecule has 7 heteroatoms. The van der Waals surface area contributed by atoms with Gasteiger partial charge in [-0.1, -0.05) is 52.3 Å². The van der Waals surface area contributed by atoms with Crippen LogP contribution in [0.15, 0.2) is 30.3 Å². The van der Waals surface area contributed by atoms with Crippen LogP contribution < -0.4 is 0 Å². The predicted molar refractivity (Wildman–Crippen MR) is 123 cm³/mol. The maximum atomic E-state index is 11.3. The van der Waals surface area contributed by atoms with E-state index in [0.717, 1.165) is 17.5 Å². The highest BCUT2D eigenvalue weighted by Crippen LogP contribution is 2.42. The number of hydrogen-bond acceptors (Lipinski definition) is 4. The fourth-order valence-corrected chi connectivity index (χ4v) is 4.52. The Hall–Kier alpha value is -2.60. The Kier molecular flexibility index (Phi) is 6.33. The molecule has 166 valence electrons. The molecule has 2 N–H and O–H groups in total. The first-order valence-electron chi connectivity index (χ1n) is 10.5. The number of carboxylic acid groups (broad SMARTS) is 1. The number of nitrogens with zero attached hydrogens (tertiary/aromatic N) is 3. The summed E-state index contributed by atoms with van der Waals surface area (Å²) in [5.41, 5.74) is 3.31. The van der Waals surface area contributed by atoms with Gasteiger partial charge in [0.2, 0.25) is 0 Å². The van der Waals surface area contributed by atoms with Crippen LogP contribution in [-0.4, -0.2) is 31.2 Å². The maximum absolute atomic E-state index is 11.3. The van der Waals surface area contributed by atoms with Gasteiger partial charge >= 0.3 is 5.97 Å². The average Bonchev–Trinajstić information content (AvgIpc) is 3.03. The summed E-state index contributed by atoms with van der Waals surface area (Å²) >= 11 is 6.09.